The van der Waals surface area contributed by atoms with Crippen LogP contribution in [0.2, 0.25) is 13.1 Å². The van der Waals surface area contributed by atoms with Gasteiger partial charge in [-0.1, -0.05) is 147 Å². The number of rotatable bonds is 33. The van der Waals surface area contributed by atoms with Crippen molar-refractivity contribution in [2.75, 3.05) is 13.2 Å². The molecule has 0 rings (SSSR count). The lowest BCUT2D eigenvalue weighted by Gasteiger charge is -2.13. The normalized spacial score (nSPS) is 12.2. The Balaban J connectivity index is 3.90. The van der Waals surface area contributed by atoms with Gasteiger partial charge in [-0.15, -0.1) is 0 Å². The molecule has 0 amide bonds. The molecule has 6 heteroatoms. The fourth-order valence-corrected chi connectivity index (χ4v) is 5.77. The Morgan fingerprint density at radius 3 is 1.51 bits per heavy atom. The Morgan fingerprint density at radius 2 is 1.00 bits per heavy atom. The molecule has 0 spiro atoms. The first-order valence-corrected chi connectivity index (χ1v) is 21.5. The molecule has 0 fully saturated rings. The second-order valence-electron chi connectivity index (χ2n) is 13.0. The van der Waals surface area contributed by atoms with Gasteiger partial charge in [0.2, 0.25) is 6.10 Å². The van der Waals surface area contributed by atoms with Crippen molar-refractivity contribution in [3.05, 3.63) is 24.3 Å². The molecule has 0 aromatic heterocycles. The van der Waals surface area contributed by atoms with Crippen LogP contribution in [0.3, 0.4) is 0 Å². The molecule has 262 valence electrons. The van der Waals surface area contributed by atoms with Gasteiger partial charge in [0.1, 0.15) is 6.61 Å². The minimum Gasteiger partial charge on any atom is -0.461 e. The SMILES string of the molecule is CCCCC/C=C/C/C=C/CCCCCCCC(=O)OC(COC(=O)CCCCCCCCCCCCCCC)C[O+]=[Si](C)C. The molecule has 0 aliphatic carbocycles. The molecule has 0 saturated heterocycles. The van der Waals surface area contributed by atoms with E-state index in [4.69, 9.17) is 13.6 Å². The summed E-state index contributed by atoms with van der Waals surface area (Å²) in [6, 6.07) is 0. The van der Waals surface area contributed by atoms with Crippen LogP contribution in [-0.2, 0) is 23.2 Å². The highest BCUT2D eigenvalue weighted by Crippen LogP contribution is 2.14. The number of hydrogen-bond acceptors (Lipinski definition) is 4. The van der Waals surface area contributed by atoms with Crippen LogP contribution in [0.25, 0.3) is 0 Å². The number of hydrogen-bond donors (Lipinski definition) is 0. The summed E-state index contributed by atoms with van der Waals surface area (Å²) in [5, 5.41) is 0. The highest BCUT2D eigenvalue weighted by molar-refractivity contribution is 6.39. The number of esters is 2. The summed E-state index contributed by atoms with van der Waals surface area (Å²) in [4.78, 5) is 24.8. The van der Waals surface area contributed by atoms with E-state index in [1.807, 2.05) is 13.1 Å². The van der Waals surface area contributed by atoms with Crippen LogP contribution in [0.1, 0.15) is 181 Å². The van der Waals surface area contributed by atoms with Gasteiger partial charge in [-0.3, -0.25) is 9.59 Å². The third kappa shape index (κ3) is 35.1. The predicted octanol–water partition coefficient (Wildman–Crippen LogP) is 12.0. The van der Waals surface area contributed by atoms with Crippen LogP contribution >= 0.6 is 0 Å². The number of carbonyl (C=O) groups is 2. The van der Waals surface area contributed by atoms with Gasteiger partial charge in [-0.05, 0) is 44.9 Å². The largest absolute Gasteiger partial charge is 0.513 e. The van der Waals surface area contributed by atoms with Crippen molar-refractivity contribution in [3.63, 3.8) is 0 Å². The van der Waals surface area contributed by atoms with E-state index in [2.05, 4.69) is 38.2 Å². The first kappa shape index (κ1) is 43.4. The average Bonchev–Trinajstić information content (AvgIpc) is 3.02. The molecule has 0 aliphatic heterocycles. The zero-order chi connectivity index (χ0) is 33.1. The van der Waals surface area contributed by atoms with Crippen molar-refractivity contribution in [2.45, 2.75) is 200 Å². The Morgan fingerprint density at radius 1 is 0.578 bits per heavy atom. The second-order valence-corrected chi connectivity index (χ2v) is 15.1. The first-order valence-electron chi connectivity index (χ1n) is 19.1. The summed E-state index contributed by atoms with van der Waals surface area (Å²) in [6.07, 6.45) is 38.8. The summed E-state index contributed by atoms with van der Waals surface area (Å²) in [5.41, 5.74) is 0. The summed E-state index contributed by atoms with van der Waals surface area (Å²) in [7, 11) is -0.921. The van der Waals surface area contributed by atoms with Crippen LogP contribution < -0.4 is 0 Å². The maximum atomic E-state index is 12.5. The van der Waals surface area contributed by atoms with Gasteiger partial charge in [0.25, 0.3) is 6.61 Å². The number of ether oxygens (including phenoxy) is 2. The van der Waals surface area contributed by atoms with Gasteiger partial charge < -0.3 is 13.6 Å². The minimum atomic E-state index is -0.921. The first-order chi connectivity index (χ1) is 22.0. The van der Waals surface area contributed by atoms with Crippen LogP contribution in [0.4, 0.5) is 0 Å². The van der Waals surface area contributed by atoms with E-state index in [9.17, 15) is 9.59 Å². The van der Waals surface area contributed by atoms with Crippen molar-refractivity contribution in [1.82, 2.24) is 0 Å². The molecule has 0 aliphatic rings. The fraction of sp³-hybridized carbons (Fsp3) is 0.846. The topological polar surface area (TPSA) is 63.9 Å². The van der Waals surface area contributed by atoms with Crippen LogP contribution in [-0.4, -0.2) is 39.9 Å². The van der Waals surface area contributed by atoms with Crippen LogP contribution in [0, 0.1) is 0 Å². The van der Waals surface area contributed by atoms with E-state index in [-0.39, 0.29) is 18.5 Å². The highest BCUT2D eigenvalue weighted by Gasteiger charge is 2.21. The molecule has 0 heterocycles. The molecular formula is C39H73O5Si+. The van der Waals surface area contributed by atoms with E-state index >= 15 is 0 Å². The zero-order valence-corrected chi connectivity index (χ0v) is 31.2. The molecule has 1 unspecified atom stereocenters. The zero-order valence-electron chi connectivity index (χ0n) is 30.2. The van der Waals surface area contributed by atoms with Crippen molar-refractivity contribution < 1.29 is 23.2 Å². The van der Waals surface area contributed by atoms with Gasteiger partial charge in [0.05, 0.1) is 0 Å². The quantitative estimate of drug-likeness (QED) is 0.0233. The fourth-order valence-electron chi connectivity index (χ4n) is 5.25. The molecule has 0 saturated carbocycles. The average molecular weight is 650 g/mol. The third-order valence-corrected chi connectivity index (χ3v) is 8.85. The Labute approximate surface area is 280 Å². The molecule has 45 heavy (non-hydrogen) atoms. The second kappa shape index (κ2) is 35.3. The Bertz CT molecular complexity index is 757. The van der Waals surface area contributed by atoms with E-state index in [1.54, 1.807) is 0 Å². The predicted molar refractivity (Wildman–Crippen MR) is 194 cm³/mol. The van der Waals surface area contributed by atoms with Crippen molar-refractivity contribution >= 4 is 20.6 Å². The van der Waals surface area contributed by atoms with Crippen LogP contribution in [0.15, 0.2) is 24.3 Å². The Kier molecular flexibility index (Phi) is 34.1. The number of allylic oxidation sites excluding steroid dienone is 4. The summed E-state index contributed by atoms with van der Waals surface area (Å²) in [6.45, 7) is 8.98. The number of unbranched alkanes of at least 4 members (excludes halogenated alkanes) is 20. The van der Waals surface area contributed by atoms with E-state index in [0.29, 0.717) is 19.4 Å². The van der Waals surface area contributed by atoms with Crippen LogP contribution in [0.5, 0.6) is 0 Å². The smallest absolute Gasteiger partial charge is 0.461 e. The molecule has 1 atom stereocenters. The third-order valence-electron chi connectivity index (χ3n) is 8.10. The van der Waals surface area contributed by atoms with E-state index in [1.165, 1.54) is 109 Å². The lowest BCUT2D eigenvalue weighted by Crippen LogP contribution is -2.29. The van der Waals surface area contributed by atoms with Crippen molar-refractivity contribution in [2.24, 2.45) is 0 Å². The molecule has 0 radical (unpaired) electrons. The minimum absolute atomic E-state index is 0.0837. The highest BCUT2D eigenvalue weighted by atomic mass is 28.3. The molecule has 5 nitrogen and oxygen atoms in total. The summed E-state index contributed by atoms with van der Waals surface area (Å²) in [5.74, 6) is -0.422. The van der Waals surface area contributed by atoms with Gasteiger partial charge in [-0.2, -0.15) is 0 Å². The standard InChI is InChI=1S/C39H73O5Si/c1-5-7-9-11-13-15-17-19-20-22-24-26-28-30-32-34-39(41)44-37(36-43-45(3)4)35-42-38(40)33-31-29-27-25-23-21-18-16-14-12-10-8-6-2/h13,15,19-20,37H,5-12,14,16-18,21-36H2,1-4H3/q+1/b15-13+,20-19+. The van der Waals surface area contributed by atoms with E-state index in [0.717, 1.165) is 44.9 Å². The lowest BCUT2D eigenvalue weighted by atomic mass is 10.0. The summed E-state index contributed by atoms with van der Waals surface area (Å²) >= 11 is 0. The van der Waals surface area contributed by atoms with Gasteiger partial charge >= 0.3 is 20.6 Å². The van der Waals surface area contributed by atoms with Gasteiger partial charge in [-0.25, -0.2) is 0 Å². The van der Waals surface area contributed by atoms with Gasteiger partial charge in [0, 0.05) is 25.9 Å². The Hall–Kier alpha value is -1.56. The molecule has 0 aromatic rings. The maximum Gasteiger partial charge on any atom is 0.513 e. The molecule has 0 aromatic carbocycles. The van der Waals surface area contributed by atoms with E-state index < -0.39 is 14.8 Å². The molecule has 0 bridgehead atoms. The maximum absolute atomic E-state index is 12.5. The van der Waals surface area contributed by atoms with Crippen molar-refractivity contribution in [1.29, 1.82) is 0 Å². The lowest BCUT2D eigenvalue weighted by molar-refractivity contribution is -0.164. The molecular weight excluding hydrogens is 577 g/mol. The number of carbonyl (C=O) groups excluding carboxylic acids is 2. The van der Waals surface area contributed by atoms with Crippen molar-refractivity contribution in [3.8, 4) is 0 Å². The monoisotopic (exact) mass is 650 g/mol. The van der Waals surface area contributed by atoms with Gasteiger partial charge in [0.15, 0.2) is 0 Å². The summed E-state index contributed by atoms with van der Waals surface area (Å²) < 4.78 is 16.9. The molecule has 0 N–H and O–H groups in total.